The first-order valence-electron chi connectivity index (χ1n) is 11.3. The van der Waals surface area contributed by atoms with Gasteiger partial charge in [-0.15, -0.1) is 0 Å². The van der Waals surface area contributed by atoms with Crippen molar-refractivity contribution in [1.29, 1.82) is 0 Å². The number of hydrogen-bond acceptors (Lipinski definition) is 6. The Labute approximate surface area is 210 Å². The number of carbonyl (C=O) groups excluding carboxylic acids is 2. The zero-order valence-electron chi connectivity index (χ0n) is 19.2. The Morgan fingerprint density at radius 1 is 1.14 bits per heavy atom. The van der Waals surface area contributed by atoms with Gasteiger partial charge in [0.2, 0.25) is 0 Å². The van der Waals surface area contributed by atoms with Crippen LogP contribution in [0.1, 0.15) is 24.1 Å². The fraction of sp³-hybridized carbons (Fsp3) is 0.107. The van der Waals surface area contributed by atoms with Crippen molar-refractivity contribution in [3.05, 3.63) is 107 Å². The van der Waals surface area contributed by atoms with Crippen LogP contribution in [-0.2, 0) is 9.59 Å². The number of allylic oxidation sites excluding steroid dienone is 1. The Morgan fingerprint density at radius 2 is 1.89 bits per heavy atom. The molecule has 0 aliphatic carbocycles. The van der Waals surface area contributed by atoms with E-state index in [1.807, 2.05) is 43.3 Å². The number of rotatable bonds is 7. The third kappa shape index (κ3) is 4.38. The molecule has 1 amide bonds. The number of ketones is 1. The van der Waals surface area contributed by atoms with E-state index in [1.165, 1.54) is 46.6 Å². The summed E-state index contributed by atoms with van der Waals surface area (Å²) in [7, 11) is 0. The molecule has 0 bridgehead atoms. The first kappa shape index (κ1) is 23.4. The molecule has 0 radical (unpaired) electrons. The number of aliphatic hydroxyl groups excluding tert-OH is 1. The van der Waals surface area contributed by atoms with Gasteiger partial charge in [0.25, 0.3) is 5.91 Å². The lowest BCUT2D eigenvalue weighted by molar-refractivity contribution is -0.117. The third-order valence-electron chi connectivity index (χ3n) is 5.75. The zero-order valence-corrected chi connectivity index (χ0v) is 20.0. The summed E-state index contributed by atoms with van der Waals surface area (Å²) in [6.07, 6.45) is 2.94. The van der Waals surface area contributed by atoms with E-state index < -0.39 is 29.3 Å². The number of fused-ring (bicyclic) bond motifs is 1. The SMILES string of the molecule is CCOc1ccc2nc(N3C(=O)C(O)=C(C(=O)/C=C/c4ccccc4)C3c3ccc(F)cc3)sc2c1. The number of carbonyl (C=O) groups is 2. The molecule has 0 saturated carbocycles. The van der Waals surface area contributed by atoms with E-state index in [-0.39, 0.29) is 5.57 Å². The highest BCUT2D eigenvalue weighted by Gasteiger charge is 2.45. The van der Waals surface area contributed by atoms with Gasteiger partial charge < -0.3 is 9.84 Å². The van der Waals surface area contributed by atoms with Crippen molar-refractivity contribution in [3.8, 4) is 5.75 Å². The Morgan fingerprint density at radius 3 is 2.61 bits per heavy atom. The standard InChI is InChI=1S/C28H21FN2O4S/c1-2-35-20-13-14-21-23(16-20)36-28(30-21)31-25(18-9-11-19(29)12-10-18)24(26(33)27(31)34)22(32)15-8-17-6-4-3-5-7-17/h3-16,25,33H,2H2,1H3/b15-8+. The Bertz CT molecular complexity index is 1510. The smallest absolute Gasteiger partial charge is 0.296 e. The minimum atomic E-state index is -0.974. The molecule has 1 aliphatic rings. The molecule has 6 nitrogen and oxygen atoms in total. The Kier molecular flexibility index (Phi) is 6.35. The molecule has 1 unspecified atom stereocenters. The van der Waals surface area contributed by atoms with Crippen LogP contribution in [0.25, 0.3) is 16.3 Å². The topological polar surface area (TPSA) is 79.7 Å². The lowest BCUT2D eigenvalue weighted by atomic mass is 9.95. The van der Waals surface area contributed by atoms with Crippen LogP contribution in [0.5, 0.6) is 5.75 Å². The Hall–Kier alpha value is -4.30. The van der Waals surface area contributed by atoms with Gasteiger partial charge in [-0.25, -0.2) is 9.37 Å². The van der Waals surface area contributed by atoms with E-state index in [4.69, 9.17) is 4.74 Å². The molecular formula is C28H21FN2O4S. The second-order valence-electron chi connectivity index (χ2n) is 8.06. The zero-order chi connectivity index (χ0) is 25.2. The van der Waals surface area contributed by atoms with E-state index in [0.29, 0.717) is 28.6 Å². The third-order valence-corrected chi connectivity index (χ3v) is 6.77. The van der Waals surface area contributed by atoms with Crippen LogP contribution in [0.2, 0.25) is 0 Å². The predicted molar refractivity (Wildman–Crippen MR) is 138 cm³/mol. The quantitative estimate of drug-likeness (QED) is 0.314. The number of aromatic nitrogens is 1. The maximum absolute atomic E-state index is 13.7. The van der Waals surface area contributed by atoms with Crippen LogP contribution in [0, 0.1) is 5.82 Å². The normalized spacial score (nSPS) is 15.9. The Balaban J connectivity index is 1.58. The average Bonchev–Trinajstić information content (AvgIpc) is 3.42. The van der Waals surface area contributed by atoms with Crippen molar-refractivity contribution in [2.45, 2.75) is 13.0 Å². The van der Waals surface area contributed by atoms with Crippen LogP contribution in [-0.4, -0.2) is 28.4 Å². The van der Waals surface area contributed by atoms with Gasteiger partial charge in [-0.2, -0.15) is 0 Å². The maximum atomic E-state index is 13.7. The first-order chi connectivity index (χ1) is 17.5. The molecule has 1 aliphatic heterocycles. The molecule has 1 atom stereocenters. The number of thiazole rings is 1. The van der Waals surface area contributed by atoms with Gasteiger partial charge >= 0.3 is 0 Å². The van der Waals surface area contributed by atoms with Gasteiger partial charge in [-0.3, -0.25) is 14.5 Å². The van der Waals surface area contributed by atoms with Crippen LogP contribution in [0.3, 0.4) is 0 Å². The average molecular weight is 501 g/mol. The molecule has 2 heterocycles. The van der Waals surface area contributed by atoms with Crippen molar-refractivity contribution < 1.29 is 23.8 Å². The minimum absolute atomic E-state index is 0.0898. The van der Waals surface area contributed by atoms with Crippen LogP contribution < -0.4 is 9.64 Å². The molecular weight excluding hydrogens is 479 g/mol. The number of nitrogens with zero attached hydrogens (tertiary/aromatic N) is 2. The van der Waals surface area contributed by atoms with Crippen molar-refractivity contribution >= 4 is 44.5 Å². The number of hydrogen-bond donors (Lipinski definition) is 1. The number of benzene rings is 3. The number of ether oxygens (including phenoxy) is 1. The van der Waals surface area contributed by atoms with Gasteiger partial charge in [0, 0.05) is 0 Å². The molecule has 1 N–H and O–H groups in total. The molecule has 4 aromatic rings. The summed E-state index contributed by atoms with van der Waals surface area (Å²) in [5.41, 5.74) is 1.82. The van der Waals surface area contributed by atoms with Gasteiger partial charge in [0.1, 0.15) is 11.6 Å². The van der Waals surface area contributed by atoms with E-state index in [9.17, 15) is 19.1 Å². The van der Waals surface area contributed by atoms with E-state index in [2.05, 4.69) is 4.98 Å². The van der Waals surface area contributed by atoms with E-state index in [1.54, 1.807) is 18.2 Å². The van der Waals surface area contributed by atoms with Crippen molar-refractivity contribution in [2.24, 2.45) is 0 Å². The molecule has 0 saturated heterocycles. The molecule has 8 heteroatoms. The minimum Gasteiger partial charge on any atom is -0.503 e. The van der Waals surface area contributed by atoms with Crippen LogP contribution >= 0.6 is 11.3 Å². The molecule has 0 spiro atoms. The summed E-state index contributed by atoms with van der Waals surface area (Å²) in [5.74, 6) is -1.71. The second-order valence-corrected chi connectivity index (χ2v) is 9.07. The summed E-state index contributed by atoms with van der Waals surface area (Å²) >= 11 is 1.24. The van der Waals surface area contributed by atoms with Gasteiger partial charge in [0.05, 0.1) is 28.4 Å². The van der Waals surface area contributed by atoms with Crippen LogP contribution in [0.4, 0.5) is 9.52 Å². The second kappa shape index (κ2) is 9.75. The van der Waals surface area contributed by atoms with Gasteiger partial charge in [0.15, 0.2) is 16.7 Å². The monoisotopic (exact) mass is 500 g/mol. The first-order valence-corrected chi connectivity index (χ1v) is 12.1. The molecule has 3 aromatic carbocycles. The molecule has 1 aromatic heterocycles. The van der Waals surface area contributed by atoms with Crippen molar-refractivity contribution in [2.75, 3.05) is 11.5 Å². The number of aliphatic hydroxyl groups is 1. The van der Waals surface area contributed by atoms with Gasteiger partial charge in [-0.1, -0.05) is 59.9 Å². The molecule has 36 heavy (non-hydrogen) atoms. The van der Waals surface area contributed by atoms with E-state index >= 15 is 0 Å². The van der Waals surface area contributed by atoms with Crippen LogP contribution in [0.15, 0.2) is 90.2 Å². The maximum Gasteiger partial charge on any atom is 0.296 e. The summed E-state index contributed by atoms with van der Waals surface area (Å²) in [5, 5.41) is 11.2. The molecule has 180 valence electrons. The largest absolute Gasteiger partial charge is 0.503 e. The summed E-state index contributed by atoms with van der Waals surface area (Å²) < 4.78 is 20.1. The number of halogens is 1. The highest BCUT2D eigenvalue weighted by Crippen LogP contribution is 2.44. The lowest BCUT2D eigenvalue weighted by Gasteiger charge is -2.24. The fourth-order valence-corrected chi connectivity index (χ4v) is 5.11. The molecule has 5 rings (SSSR count). The number of anilines is 1. The summed E-state index contributed by atoms with van der Waals surface area (Å²) in [6, 6.07) is 19.1. The predicted octanol–water partition coefficient (Wildman–Crippen LogP) is 6.02. The van der Waals surface area contributed by atoms with E-state index in [0.717, 1.165) is 10.3 Å². The molecule has 0 fully saturated rings. The van der Waals surface area contributed by atoms with Gasteiger partial charge in [-0.05, 0) is 54.5 Å². The lowest BCUT2D eigenvalue weighted by Crippen LogP contribution is -2.30. The highest BCUT2D eigenvalue weighted by atomic mass is 32.1. The highest BCUT2D eigenvalue weighted by molar-refractivity contribution is 7.22. The van der Waals surface area contributed by atoms with Crippen molar-refractivity contribution in [1.82, 2.24) is 4.98 Å². The number of amides is 1. The van der Waals surface area contributed by atoms with Crippen molar-refractivity contribution in [3.63, 3.8) is 0 Å². The fourth-order valence-electron chi connectivity index (χ4n) is 4.09. The summed E-state index contributed by atoms with van der Waals surface area (Å²) in [6.45, 7) is 2.39. The summed E-state index contributed by atoms with van der Waals surface area (Å²) in [4.78, 5) is 32.5.